The van der Waals surface area contributed by atoms with Gasteiger partial charge in [-0.3, -0.25) is 4.79 Å². The predicted molar refractivity (Wildman–Crippen MR) is 141 cm³/mol. The molecule has 0 aromatic heterocycles. The first kappa shape index (κ1) is 28.9. The van der Waals surface area contributed by atoms with E-state index in [1.165, 1.54) is 33.9 Å². The molecule has 1 saturated carbocycles. The number of benzene rings is 2. The second kappa shape index (κ2) is 11.0. The zero-order valence-corrected chi connectivity index (χ0v) is 22.1. The topological polar surface area (TPSA) is 183 Å². The van der Waals surface area contributed by atoms with Crippen LogP contribution in [0.5, 0.6) is 5.75 Å². The number of rotatable bonds is 8. The fourth-order valence-corrected chi connectivity index (χ4v) is 5.43. The number of aliphatic hydroxyl groups excluding tert-OH is 1. The number of phenols is 1. The minimum atomic E-state index is -1.91. The summed E-state index contributed by atoms with van der Waals surface area (Å²) in [6.07, 6.45) is -1.33. The molecule has 1 aliphatic rings. The lowest BCUT2D eigenvalue weighted by atomic mass is 9.75. The Balaban J connectivity index is 2.04. The number of ether oxygens (including phenoxy) is 1. The van der Waals surface area contributed by atoms with Crippen molar-refractivity contribution in [1.82, 2.24) is 10.6 Å². The van der Waals surface area contributed by atoms with Gasteiger partial charge in [-0.1, -0.05) is 24.3 Å². The molecule has 0 radical (unpaired) electrons. The van der Waals surface area contributed by atoms with Crippen LogP contribution in [0.2, 0.25) is 0 Å². The van der Waals surface area contributed by atoms with Crippen LogP contribution in [-0.4, -0.2) is 76.1 Å². The Morgan fingerprint density at radius 3 is 2.42 bits per heavy atom. The van der Waals surface area contributed by atoms with Crippen molar-refractivity contribution in [2.45, 2.75) is 57.0 Å². The Hall–Kier alpha value is -3.67. The maximum absolute atomic E-state index is 13.0. The number of esters is 1. The van der Waals surface area contributed by atoms with Crippen LogP contribution in [0.3, 0.4) is 0 Å². The van der Waals surface area contributed by atoms with Crippen molar-refractivity contribution < 1.29 is 34.4 Å². The molecular weight excluding hydrogens is 492 g/mol. The van der Waals surface area contributed by atoms with E-state index in [9.17, 15) is 29.7 Å². The molecule has 0 heterocycles. The summed E-state index contributed by atoms with van der Waals surface area (Å²) in [4.78, 5) is 37.3. The van der Waals surface area contributed by atoms with Gasteiger partial charge in [0.2, 0.25) is 0 Å². The van der Waals surface area contributed by atoms with Crippen LogP contribution in [0.1, 0.15) is 47.1 Å². The molecule has 0 aliphatic heterocycles. The van der Waals surface area contributed by atoms with Crippen LogP contribution in [0, 0.1) is 12.8 Å². The largest absolute Gasteiger partial charge is 0.507 e. The van der Waals surface area contributed by atoms with Gasteiger partial charge >= 0.3 is 12.0 Å². The first-order chi connectivity index (χ1) is 17.8. The molecular formula is C27H36N4O7. The summed E-state index contributed by atoms with van der Waals surface area (Å²) in [7, 11) is 1.39. The average molecular weight is 529 g/mol. The SMILES string of the molecule is CNC(=O)N[C@@]1([C@H](C)O)[C@@H](N)[C@H](Nc2cccc(C(C)=O)c2)[C@H](COC(=O)c2c(C)cccc2O)[C@]1(C)O. The third-order valence-corrected chi connectivity index (χ3v) is 7.56. The fourth-order valence-electron chi connectivity index (χ4n) is 5.43. The molecule has 8 N–H and O–H groups in total. The number of carbonyl (C=O) groups is 3. The number of ketones is 1. The lowest BCUT2D eigenvalue weighted by molar-refractivity contribution is -0.101. The Bertz CT molecular complexity index is 1200. The quantitative estimate of drug-likeness (QED) is 0.196. The highest BCUT2D eigenvalue weighted by molar-refractivity contribution is 5.95. The van der Waals surface area contributed by atoms with Crippen LogP contribution >= 0.6 is 0 Å². The Labute approximate surface area is 221 Å². The molecule has 206 valence electrons. The van der Waals surface area contributed by atoms with E-state index >= 15 is 0 Å². The normalized spacial score (nSPS) is 27.3. The summed E-state index contributed by atoms with van der Waals surface area (Å²) in [6, 6.07) is 8.64. The maximum atomic E-state index is 13.0. The number of urea groups is 1. The van der Waals surface area contributed by atoms with Crippen molar-refractivity contribution in [3.8, 4) is 5.75 Å². The summed E-state index contributed by atoms with van der Waals surface area (Å²) < 4.78 is 5.57. The summed E-state index contributed by atoms with van der Waals surface area (Å²) >= 11 is 0. The van der Waals surface area contributed by atoms with E-state index in [-0.39, 0.29) is 23.7 Å². The highest BCUT2D eigenvalue weighted by Gasteiger charge is 2.69. The summed E-state index contributed by atoms with van der Waals surface area (Å²) in [5.74, 6) is -2.17. The molecule has 3 rings (SSSR count). The van der Waals surface area contributed by atoms with Crippen LogP contribution in [0.4, 0.5) is 10.5 Å². The molecule has 0 saturated heterocycles. The summed E-state index contributed by atoms with van der Waals surface area (Å²) in [5.41, 5.74) is 4.42. The van der Waals surface area contributed by atoms with Gasteiger partial charge in [0.15, 0.2) is 5.78 Å². The zero-order chi connectivity index (χ0) is 28.4. The van der Waals surface area contributed by atoms with Gasteiger partial charge in [-0.05, 0) is 51.5 Å². The minimum absolute atomic E-state index is 0.0154. The van der Waals surface area contributed by atoms with Gasteiger partial charge in [-0.15, -0.1) is 0 Å². The Morgan fingerprint density at radius 2 is 1.84 bits per heavy atom. The molecule has 0 spiro atoms. The average Bonchev–Trinajstić information content (AvgIpc) is 3.00. The summed E-state index contributed by atoms with van der Waals surface area (Å²) in [5, 5.41) is 41.3. The monoisotopic (exact) mass is 528 g/mol. The molecule has 2 aromatic rings. The molecule has 2 aromatic carbocycles. The maximum Gasteiger partial charge on any atom is 0.342 e. The molecule has 1 aliphatic carbocycles. The van der Waals surface area contributed by atoms with E-state index in [0.717, 1.165) is 0 Å². The van der Waals surface area contributed by atoms with Crippen LogP contribution in [-0.2, 0) is 4.74 Å². The van der Waals surface area contributed by atoms with Crippen molar-refractivity contribution in [2.75, 3.05) is 19.0 Å². The van der Waals surface area contributed by atoms with Crippen LogP contribution in [0.25, 0.3) is 0 Å². The van der Waals surface area contributed by atoms with Crippen molar-refractivity contribution >= 4 is 23.5 Å². The van der Waals surface area contributed by atoms with E-state index in [0.29, 0.717) is 16.8 Å². The van der Waals surface area contributed by atoms with Crippen molar-refractivity contribution in [1.29, 1.82) is 0 Å². The second-order valence-electron chi connectivity index (χ2n) is 9.90. The molecule has 6 atom stereocenters. The van der Waals surface area contributed by atoms with Gasteiger partial charge < -0.3 is 41.7 Å². The molecule has 11 heteroatoms. The Kier molecular flexibility index (Phi) is 8.35. The number of anilines is 1. The number of nitrogens with one attached hydrogen (secondary N) is 3. The highest BCUT2D eigenvalue weighted by Crippen LogP contribution is 2.46. The number of hydrogen-bond acceptors (Lipinski definition) is 9. The van der Waals surface area contributed by atoms with Crippen LogP contribution in [0.15, 0.2) is 42.5 Å². The number of nitrogens with two attached hydrogens (primary N) is 1. The highest BCUT2D eigenvalue weighted by atomic mass is 16.5. The number of amides is 2. The molecule has 2 amide bonds. The summed E-state index contributed by atoms with van der Waals surface area (Å²) in [6.45, 7) is 5.52. The standard InChI is InChI=1S/C27H36N4O7/c1-14-8-6-11-20(34)21(14)24(35)38-13-19-22(30-18-10-7-9-17(12-18)15(2)32)23(28)27(16(3)33,26(19,4)37)31-25(36)29-5/h6-12,16,19,22-23,30,33-34,37H,13,28H2,1-5H3,(H2,29,31,36)/t16-,19-,22+,23-,26-,27-/m0/s1. The van der Waals surface area contributed by atoms with E-state index in [4.69, 9.17) is 10.5 Å². The Morgan fingerprint density at radius 1 is 1.18 bits per heavy atom. The van der Waals surface area contributed by atoms with Crippen molar-refractivity contribution in [3.63, 3.8) is 0 Å². The molecule has 38 heavy (non-hydrogen) atoms. The second-order valence-corrected chi connectivity index (χ2v) is 9.90. The first-order valence-corrected chi connectivity index (χ1v) is 12.3. The lowest BCUT2D eigenvalue weighted by Crippen LogP contribution is -2.74. The van der Waals surface area contributed by atoms with Gasteiger partial charge in [0, 0.05) is 24.2 Å². The number of carbonyl (C=O) groups excluding carboxylic acids is 3. The van der Waals surface area contributed by atoms with Gasteiger partial charge in [-0.25, -0.2) is 9.59 Å². The number of Topliss-reactive ketones (excluding diaryl/α,β-unsaturated/α-hetero) is 1. The molecule has 1 fully saturated rings. The number of aromatic hydroxyl groups is 1. The van der Waals surface area contributed by atoms with Crippen molar-refractivity contribution in [3.05, 3.63) is 59.2 Å². The number of aliphatic hydroxyl groups is 2. The zero-order valence-electron chi connectivity index (χ0n) is 22.1. The number of hydrogen-bond donors (Lipinski definition) is 7. The minimum Gasteiger partial charge on any atom is -0.507 e. The van der Waals surface area contributed by atoms with E-state index < -0.39 is 47.2 Å². The predicted octanol–water partition coefficient (Wildman–Crippen LogP) is 1.30. The van der Waals surface area contributed by atoms with E-state index in [1.807, 2.05) is 0 Å². The van der Waals surface area contributed by atoms with Crippen LogP contribution < -0.4 is 21.7 Å². The first-order valence-electron chi connectivity index (χ1n) is 12.3. The number of phenolic OH excluding ortho intramolecular Hbond substituents is 1. The van der Waals surface area contributed by atoms with Gasteiger partial charge in [-0.2, -0.15) is 0 Å². The van der Waals surface area contributed by atoms with Gasteiger partial charge in [0.1, 0.15) is 16.9 Å². The fraction of sp³-hybridized carbons (Fsp3) is 0.444. The molecule has 11 nitrogen and oxygen atoms in total. The lowest BCUT2D eigenvalue weighted by Gasteiger charge is -2.46. The smallest absolute Gasteiger partial charge is 0.342 e. The van der Waals surface area contributed by atoms with Crippen molar-refractivity contribution in [2.24, 2.45) is 11.7 Å². The third kappa shape index (κ3) is 5.04. The molecule has 0 unspecified atom stereocenters. The number of aryl methyl sites for hydroxylation is 1. The van der Waals surface area contributed by atoms with Gasteiger partial charge in [0.25, 0.3) is 0 Å². The van der Waals surface area contributed by atoms with E-state index in [2.05, 4.69) is 16.0 Å². The molecule has 0 bridgehead atoms. The van der Waals surface area contributed by atoms with E-state index in [1.54, 1.807) is 43.3 Å². The third-order valence-electron chi connectivity index (χ3n) is 7.56. The van der Waals surface area contributed by atoms with Gasteiger partial charge in [0.05, 0.1) is 30.4 Å².